The highest BCUT2D eigenvalue weighted by molar-refractivity contribution is 6.29. The van der Waals surface area contributed by atoms with E-state index in [-0.39, 0.29) is 16.4 Å². The molecule has 21 heavy (non-hydrogen) atoms. The largest absolute Gasteiger partial charge is 0.419 e. The molecule has 0 radical (unpaired) electrons. The maximum absolute atomic E-state index is 13.1. The lowest BCUT2D eigenvalue weighted by molar-refractivity contribution is -0.139. The number of carbonyl (C=O) groups excluding carboxylic acids is 1. The number of carbonyl (C=O) groups is 1. The van der Waals surface area contributed by atoms with Crippen LogP contribution in [0.5, 0.6) is 0 Å². The van der Waals surface area contributed by atoms with Crippen molar-refractivity contribution in [3.63, 3.8) is 0 Å². The minimum Gasteiger partial charge on any atom is -0.322 e. The lowest BCUT2D eigenvalue weighted by Gasteiger charge is -2.11. The second-order valence-corrected chi connectivity index (χ2v) is 4.40. The van der Waals surface area contributed by atoms with E-state index in [1.807, 2.05) is 0 Å². The number of hydrogen-bond donors (Lipinski definition) is 1. The summed E-state index contributed by atoms with van der Waals surface area (Å²) in [5, 5.41) is 2.30. The van der Waals surface area contributed by atoms with Crippen molar-refractivity contribution in [2.24, 2.45) is 0 Å². The van der Waals surface area contributed by atoms with Crippen LogP contribution in [0, 0.1) is 5.82 Å². The second kappa shape index (κ2) is 5.69. The third-order valence-electron chi connectivity index (χ3n) is 2.52. The molecule has 0 bridgehead atoms. The number of hydrogen-bond acceptors (Lipinski definition) is 2. The first kappa shape index (κ1) is 15.2. The maximum Gasteiger partial charge on any atom is 0.419 e. The van der Waals surface area contributed by atoms with Crippen molar-refractivity contribution in [1.82, 2.24) is 4.98 Å². The van der Waals surface area contributed by atoms with E-state index in [1.165, 1.54) is 18.3 Å². The molecule has 1 aromatic carbocycles. The predicted molar refractivity (Wildman–Crippen MR) is 68.6 cm³/mol. The number of amides is 1. The van der Waals surface area contributed by atoms with Crippen LogP contribution in [0.3, 0.4) is 0 Å². The van der Waals surface area contributed by atoms with Crippen LogP contribution in [-0.2, 0) is 6.18 Å². The first-order chi connectivity index (χ1) is 9.77. The minimum absolute atomic E-state index is 0.0673. The van der Waals surface area contributed by atoms with Gasteiger partial charge >= 0.3 is 6.18 Å². The highest BCUT2D eigenvalue weighted by Crippen LogP contribution is 2.33. The van der Waals surface area contributed by atoms with E-state index >= 15 is 0 Å². The van der Waals surface area contributed by atoms with Crippen molar-refractivity contribution in [1.29, 1.82) is 0 Å². The van der Waals surface area contributed by atoms with E-state index in [0.29, 0.717) is 12.1 Å². The summed E-state index contributed by atoms with van der Waals surface area (Å²) in [6.07, 6.45) is -3.56. The number of pyridine rings is 1. The zero-order valence-corrected chi connectivity index (χ0v) is 11.0. The van der Waals surface area contributed by atoms with Gasteiger partial charge in [-0.2, -0.15) is 13.2 Å². The summed E-state index contributed by atoms with van der Waals surface area (Å²) in [5.41, 5.74) is -1.51. The number of aromatic nitrogens is 1. The molecule has 1 aromatic heterocycles. The molecule has 2 rings (SSSR count). The number of anilines is 1. The van der Waals surface area contributed by atoms with Crippen LogP contribution < -0.4 is 5.32 Å². The Balaban J connectivity index is 2.26. The van der Waals surface area contributed by atoms with E-state index in [1.54, 1.807) is 0 Å². The molecule has 8 heteroatoms. The molecule has 1 N–H and O–H groups in total. The zero-order valence-electron chi connectivity index (χ0n) is 10.2. The molecule has 0 aliphatic rings. The molecule has 3 nitrogen and oxygen atoms in total. The van der Waals surface area contributed by atoms with Crippen LogP contribution in [0.2, 0.25) is 5.15 Å². The van der Waals surface area contributed by atoms with Crippen LogP contribution in [0.15, 0.2) is 36.5 Å². The van der Waals surface area contributed by atoms with Gasteiger partial charge < -0.3 is 5.32 Å². The predicted octanol–water partition coefficient (Wildman–Crippen LogP) is 4.15. The van der Waals surface area contributed by atoms with Crippen LogP contribution in [0.1, 0.15) is 15.9 Å². The minimum atomic E-state index is -4.84. The molecular formula is C13H7ClF4N2O. The lowest BCUT2D eigenvalue weighted by atomic mass is 10.1. The molecule has 2 aromatic rings. The number of benzene rings is 1. The fourth-order valence-electron chi connectivity index (χ4n) is 1.57. The third-order valence-corrected chi connectivity index (χ3v) is 2.73. The van der Waals surface area contributed by atoms with Crippen molar-refractivity contribution >= 4 is 23.2 Å². The number of rotatable bonds is 2. The Labute approximate surface area is 121 Å². The second-order valence-electron chi connectivity index (χ2n) is 4.01. The molecule has 0 aliphatic heterocycles. The zero-order chi connectivity index (χ0) is 15.6. The van der Waals surface area contributed by atoms with Gasteiger partial charge in [0.1, 0.15) is 11.0 Å². The molecule has 0 spiro atoms. The Morgan fingerprint density at radius 1 is 1.19 bits per heavy atom. The van der Waals surface area contributed by atoms with Crippen molar-refractivity contribution in [2.75, 3.05) is 5.32 Å². The average molecular weight is 319 g/mol. The molecule has 1 heterocycles. The van der Waals surface area contributed by atoms with Gasteiger partial charge in [0.2, 0.25) is 0 Å². The first-order valence-electron chi connectivity index (χ1n) is 5.57. The topological polar surface area (TPSA) is 42.0 Å². The van der Waals surface area contributed by atoms with E-state index in [9.17, 15) is 22.4 Å². The fraction of sp³-hybridized carbons (Fsp3) is 0.0769. The summed E-state index contributed by atoms with van der Waals surface area (Å²) in [4.78, 5) is 15.5. The molecular weight excluding hydrogens is 312 g/mol. The Morgan fingerprint density at radius 3 is 2.52 bits per heavy atom. The molecule has 0 fully saturated rings. The summed E-state index contributed by atoms with van der Waals surface area (Å²) in [5.74, 6) is -2.09. The summed E-state index contributed by atoms with van der Waals surface area (Å²) in [6, 6.07) is 4.79. The lowest BCUT2D eigenvalue weighted by Crippen LogP contribution is -2.14. The van der Waals surface area contributed by atoms with Gasteiger partial charge in [-0.1, -0.05) is 11.6 Å². The smallest absolute Gasteiger partial charge is 0.322 e. The Morgan fingerprint density at radius 2 is 1.90 bits per heavy atom. The highest BCUT2D eigenvalue weighted by Gasteiger charge is 2.34. The van der Waals surface area contributed by atoms with Gasteiger partial charge in [0.05, 0.1) is 5.56 Å². The molecule has 110 valence electrons. The van der Waals surface area contributed by atoms with E-state index in [4.69, 9.17) is 11.6 Å². The average Bonchev–Trinajstić information content (AvgIpc) is 2.39. The van der Waals surface area contributed by atoms with Crippen LogP contribution in [0.25, 0.3) is 0 Å². The van der Waals surface area contributed by atoms with Crippen LogP contribution in [0.4, 0.5) is 23.2 Å². The van der Waals surface area contributed by atoms with E-state index < -0.39 is 23.5 Å². The summed E-state index contributed by atoms with van der Waals surface area (Å²) in [7, 11) is 0. The van der Waals surface area contributed by atoms with Crippen molar-refractivity contribution in [3.8, 4) is 0 Å². The molecule has 0 aliphatic carbocycles. The van der Waals surface area contributed by atoms with Crippen LogP contribution in [-0.4, -0.2) is 10.9 Å². The molecule has 0 unspecified atom stereocenters. The Bertz CT molecular complexity index is 688. The standard InChI is InChI=1S/C13H7ClF4N2O/c14-11-5-7(3-4-19-11)12(21)20-8-1-2-10(15)9(6-8)13(16,17)18/h1-6H,(H,20,21). The van der Waals surface area contributed by atoms with Crippen molar-refractivity contribution < 1.29 is 22.4 Å². The third kappa shape index (κ3) is 3.69. The molecule has 1 amide bonds. The number of halogens is 5. The van der Waals surface area contributed by atoms with Gasteiger partial charge in [0.15, 0.2) is 0 Å². The number of nitrogens with one attached hydrogen (secondary N) is 1. The normalized spacial score (nSPS) is 11.3. The van der Waals surface area contributed by atoms with E-state index in [0.717, 1.165) is 6.07 Å². The SMILES string of the molecule is O=C(Nc1ccc(F)c(C(F)(F)F)c1)c1ccnc(Cl)c1. The maximum atomic E-state index is 13.1. The van der Waals surface area contributed by atoms with E-state index in [2.05, 4.69) is 10.3 Å². The van der Waals surface area contributed by atoms with Crippen LogP contribution >= 0.6 is 11.6 Å². The van der Waals surface area contributed by atoms with Gasteiger partial charge in [-0.15, -0.1) is 0 Å². The molecule has 0 saturated carbocycles. The highest BCUT2D eigenvalue weighted by atomic mass is 35.5. The van der Waals surface area contributed by atoms with Gasteiger partial charge in [0.25, 0.3) is 5.91 Å². The molecule has 0 saturated heterocycles. The van der Waals surface area contributed by atoms with Gasteiger partial charge in [-0.3, -0.25) is 4.79 Å². The fourth-order valence-corrected chi connectivity index (χ4v) is 1.74. The Kier molecular flexibility index (Phi) is 4.13. The van der Waals surface area contributed by atoms with Gasteiger partial charge in [0, 0.05) is 17.4 Å². The number of alkyl halides is 3. The van der Waals surface area contributed by atoms with Crippen molar-refractivity contribution in [2.45, 2.75) is 6.18 Å². The van der Waals surface area contributed by atoms with Crippen molar-refractivity contribution in [3.05, 3.63) is 58.6 Å². The number of nitrogens with zero attached hydrogens (tertiary/aromatic N) is 1. The summed E-state index contributed by atoms with van der Waals surface area (Å²) >= 11 is 5.61. The summed E-state index contributed by atoms with van der Waals surface area (Å²) in [6.45, 7) is 0. The Hall–Kier alpha value is -2.15. The molecule has 0 atom stereocenters. The van der Waals surface area contributed by atoms with Gasteiger partial charge in [-0.25, -0.2) is 9.37 Å². The first-order valence-corrected chi connectivity index (χ1v) is 5.95. The monoisotopic (exact) mass is 318 g/mol. The summed E-state index contributed by atoms with van der Waals surface area (Å²) < 4.78 is 50.8. The quantitative estimate of drug-likeness (QED) is 0.668. The van der Waals surface area contributed by atoms with Gasteiger partial charge in [-0.05, 0) is 30.3 Å².